The monoisotopic (exact) mass is 167 g/mol. The summed E-state index contributed by atoms with van der Waals surface area (Å²) in [6, 6.07) is 0. The lowest BCUT2D eigenvalue weighted by Gasteiger charge is -1.99. The summed E-state index contributed by atoms with van der Waals surface area (Å²) in [5.74, 6) is 1.51. The third-order valence-electron chi connectivity index (χ3n) is 1.52. The van der Waals surface area contributed by atoms with E-state index in [-0.39, 0.29) is 0 Å². The van der Waals surface area contributed by atoms with Gasteiger partial charge in [0.05, 0.1) is 19.5 Å². The van der Waals surface area contributed by atoms with Gasteiger partial charge < -0.3 is 10.5 Å². The molecule has 2 N–H and O–H groups in total. The van der Waals surface area contributed by atoms with Crippen molar-refractivity contribution in [3.8, 4) is 5.75 Å². The fraction of sp³-hybridized carbons (Fsp3) is 0.500. The number of nitrogens with zero attached hydrogens (tertiary/aromatic N) is 2. The molecule has 4 heteroatoms. The predicted molar refractivity (Wildman–Crippen MR) is 46.0 cm³/mol. The largest absolute Gasteiger partial charge is 0.494 e. The topological polar surface area (TPSA) is 61.0 Å². The van der Waals surface area contributed by atoms with Crippen LogP contribution < -0.4 is 10.5 Å². The van der Waals surface area contributed by atoms with Gasteiger partial charge in [0.2, 0.25) is 0 Å². The zero-order valence-electron chi connectivity index (χ0n) is 7.16. The van der Waals surface area contributed by atoms with E-state index in [4.69, 9.17) is 10.5 Å². The first-order chi connectivity index (χ1) is 5.86. The van der Waals surface area contributed by atoms with E-state index in [0.717, 1.165) is 18.7 Å². The van der Waals surface area contributed by atoms with Crippen molar-refractivity contribution < 1.29 is 4.74 Å². The zero-order valence-corrected chi connectivity index (χ0v) is 7.16. The maximum absolute atomic E-state index is 5.35. The van der Waals surface area contributed by atoms with E-state index >= 15 is 0 Å². The molecule has 0 aliphatic heterocycles. The molecule has 0 fully saturated rings. The Kier molecular flexibility index (Phi) is 3.47. The van der Waals surface area contributed by atoms with E-state index in [0.29, 0.717) is 12.3 Å². The Morgan fingerprint density at radius 1 is 1.42 bits per heavy atom. The van der Waals surface area contributed by atoms with Gasteiger partial charge in [-0.3, -0.25) is 0 Å². The molecule has 0 saturated carbocycles. The lowest BCUT2D eigenvalue weighted by Crippen LogP contribution is -2.03. The standard InChI is InChI=1S/C8H13N3O/c1-12-7-5-10-8(11-6-7)3-2-4-9/h5-6H,2-4,9H2,1H3. The average Bonchev–Trinajstić information content (AvgIpc) is 2.15. The van der Waals surface area contributed by atoms with E-state index in [9.17, 15) is 0 Å². The van der Waals surface area contributed by atoms with Gasteiger partial charge in [-0.25, -0.2) is 9.97 Å². The van der Waals surface area contributed by atoms with Gasteiger partial charge in [0, 0.05) is 6.42 Å². The second-order valence-electron chi connectivity index (χ2n) is 2.43. The van der Waals surface area contributed by atoms with Crippen LogP contribution in [0.15, 0.2) is 12.4 Å². The van der Waals surface area contributed by atoms with Gasteiger partial charge in [-0.15, -0.1) is 0 Å². The van der Waals surface area contributed by atoms with Crippen LogP contribution in [0.3, 0.4) is 0 Å². The Balaban J connectivity index is 2.53. The fourth-order valence-corrected chi connectivity index (χ4v) is 0.838. The smallest absolute Gasteiger partial charge is 0.155 e. The molecule has 0 spiro atoms. The van der Waals surface area contributed by atoms with Crippen LogP contribution in [0.5, 0.6) is 5.75 Å². The molecule has 0 saturated heterocycles. The molecule has 0 aliphatic rings. The molecular weight excluding hydrogens is 154 g/mol. The van der Waals surface area contributed by atoms with Gasteiger partial charge in [-0.1, -0.05) is 0 Å². The van der Waals surface area contributed by atoms with Gasteiger partial charge in [0.1, 0.15) is 5.82 Å². The van der Waals surface area contributed by atoms with Crippen molar-refractivity contribution in [3.63, 3.8) is 0 Å². The molecule has 66 valence electrons. The number of ether oxygens (including phenoxy) is 1. The highest BCUT2D eigenvalue weighted by Gasteiger charge is 1.95. The number of aromatic nitrogens is 2. The second kappa shape index (κ2) is 4.66. The first-order valence-electron chi connectivity index (χ1n) is 3.92. The number of rotatable bonds is 4. The van der Waals surface area contributed by atoms with Crippen LogP contribution in [-0.2, 0) is 6.42 Å². The Morgan fingerprint density at radius 3 is 2.58 bits per heavy atom. The quantitative estimate of drug-likeness (QED) is 0.704. The van der Waals surface area contributed by atoms with Crippen molar-refractivity contribution in [2.75, 3.05) is 13.7 Å². The third-order valence-corrected chi connectivity index (χ3v) is 1.52. The molecule has 0 bridgehead atoms. The summed E-state index contributed by atoms with van der Waals surface area (Å²) < 4.78 is 4.92. The summed E-state index contributed by atoms with van der Waals surface area (Å²) in [5.41, 5.74) is 5.35. The Bertz CT molecular complexity index is 222. The maximum atomic E-state index is 5.35. The van der Waals surface area contributed by atoms with Crippen LogP contribution in [0, 0.1) is 0 Å². The van der Waals surface area contributed by atoms with Crippen molar-refractivity contribution in [2.24, 2.45) is 5.73 Å². The lowest BCUT2D eigenvalue weighted by molar-refractivity contribution is 0.410. The summed E-state index contributed by atoms with van der Waals surface area (Å²) >= 11 is 0. The van der Waals surface area contributed by atoms with Crippen molar-refractivity contribution in [1.82, 2.24) is 9.97 Å². The highest BCUT2D eigenvalue weighted by atomic mass is 16.5. The van der Waals surface area contributed by atoms with Crippen LogP contribution in [0.25, 0.3) is 0 Å². The van der Waals surface area contributed by atoms with Gasteiger partial charge in [0.25, 0.3) is 0 Å². The summed E-state index contributed by atoms with van der Waals surface area (Å²) in [6.07, 6.45) is 5.09. The van der Waals surface area contributed by atoms with E-state index in [1.54, 1.807) is 19.5 Å². The molecule has 1 aromatic heterocycles. The molecule has 0 amide bonds. The summed E-state index contributed by atoms with van der Waals surface area (Å²) in [5, 5.41) is 0. The molecule has 0 aromatic carbocycles. The number of aryl methyl sites for hydroxylation is 1. The zero-order chi connectivity index (χ0) is 8.81. The molecular formula is C8H13N3O. The SMILES string of the molecule is COc1cnc(CCCN)nc1. The minimum absolute atomic E-state index is 0.676. The first-order valence-corrected chi connectivity index (χ1v) is 3.92. The van der Waals surface area contributed by atoms with E-state index in [1.807, 2.05) is 0 Å². The van der Waals surface area contributed by atoms with Crippen molar-refractivity contribution in [3.05, 3.63) is 18.2 Å². The summed E-state index contributed by atoms with van der Waals surface area (Å²) in [6.45, 7) is 0.676. The maximum Gasteiger partial charge on any atom is 0.155 e. The minimum atomic E-state index is 0.676. The Labute approximate surface area is 71.8 Å². The van der Waals surface area contributed by atoms with Crippen LogP contribution in [0.2, 0.25) is 0 Å². The number of methoxy groups -OCH3 is 1. The highest BCUT2D eigenvalue weighted by Crippen LogP contribution is 2.05. The number of nitrogens with two attached hydrogens (primary N) is 1. The van der Waals surface area contributed by atoms with Gasteiger partial charge >= 0.3 is 0 Å². The minimum Gasteiger partial charge on any atom is -0.494 e. The molecule has 0 aliphatic carbocycles. The highest BCUT2D eigenvalue weighted by molar-refractivity contribution is 5.11. The van der Waals surface area contributed by atoms with Crippen molar-refractivity contribution in [2.45, 2.75) is 12.8 Å². The normalized spacial score (nSPS) is 9.83. The molecule has 0 unspecified atom stereocenters. The third kappa shape index (κ3) is 2.47. The van der Waals surface area contributed by atoms with E-state index in [2.05, 4.69) is 9.97 Å². The summed E-state index contributed by atoms with van der Waals surface area (Å²) in [4.78, 5) is 8.19. The van der Waals surface area contributed by atoms with Crippen LogP contribution in [-0.4, -0.2) is 23.6 Å². The van der Waals surface area contributed by atoms with Gasteiger partial charge in [-0.2, -0.15) is 0 Å². The average molecular weight is 167 g/mol. The molecule has 0 radical (unpaired) electrons. The van der Waals surface area contributed by atoms with Crippen LogP contribution in [0.4, 0.5) is 0 Å². The molecule has 4 nitrogen and oxygen atoms in total. The van der Waals surface area contributed by atoms with Crippen LogP contribution in [0.1, 0.15) is 12.2 Å². The molecule has 1 heterocycles. The molecule has 0 atom stereocenters. The molecule has 1 aromatic rings. The van der Waals surface area contributed by atoms with Crippen molar-refractivity contribution in [1.29, 1.82) is 0 Å². The number of hydrogen-bond acceptors (Lipinski definition) is 4. The summed E-state index contributed by atoms with van der Waals surface area (Å²) in [7, 11) is 1.60. The number of hydrogen-bond donors (Lipinski definition) is 1. The van der Waals surface area contributed by atoms with E-state index in [1.165, 1.54) is 0 Å². The molecule has 1 rings (SSSR count). The Morgan fingerprint density at radius 2 is 2.08 bits per heavy atom. The van der Waals surface area contributed by atoms with Crippen molar-refractivity contribution >= 4 is 0 Å². The lowest BCUT2D eigenvalue weighted by atomic mass is 10.3. The van der Waals surface area contributed by atoms with E-state index < -0.39 is 0 Å². The van der Waals surface area contributed by atoms with Gasteiger partial charge in [0.15, 0.2) is 5.75 Å². The first kappa shape index (κ1) is 8.93. The predicted octanol–water partition coefficient (Wildman–Crippen LogP) is 0.376. The second-order valence-corrected chi connectivity index (χ2v) is 2.43. The fourth-order valence-electron chi connectivity index (χ4n) is 0.838. The molecule has 12 heavy (non-hydrogen) atoms. The van der Waals surface area contributed by atoms with Crippen LogP contribution >= 0.6 is 0 Å². The van der Waals surface area contributed by atoms with Gasteiger partial charge in [-0.05, 0) is 13.0 Å². The Hall–Kier alpha value is -1.16.